The van der Waals surface area contributed by atoms with Crippen LogP contribution in [0.3, 0.4) is 0 Å². The number of amides is 2. The minimum absolute atomic E-state index is 0.282. The molecule has 0 bridgehead atoms. The molecule has 0 fully saturated rings. The lowest BCUT2D eigenvalue weighted by molar-refractivity contribution is -0.123. The van der Waals surface area contributed by atoms with Gasteiger partial charge in [0.1, 0.15) is 6.42 Å². The van der Waals surface area contributed by atoms with Gasteiger partial charge in [0.15, 0.2) is 0 Å². The molecule has 0 saturated carbocycles. The summed E-state index contributed by atoms with van der Waals surface area (Å²) in [7, 11) is 0. The third-order valence-electron chi connectivity index (χ3n) is 3.13. The fourth-order valence-electron chi connectivity index (χ4n) is 2.17. The van der Waals surface area contributed by atoms with Crippen molar-refractivity contribution in [1.29, 1.82) is 0 Å². The van der Waals surface area contributed by atoms with Crippen LogP contribution in [-0.4, -0.2) is 11.8 Å². The van der Waals surface area contributed by atoms with E-state index in [2.05, 4.69) is 26.6 Å². The van der Waals surface area contributed by atoms with Gasteiger partial charge in [-0.05, 0) is 49.2 Å². The Morgan fingerprint density at radius 1 is 1.09 bits per heavy atom. The summed E-state index contributed by atoms with van der Waals surface area (Å²) >= 11 is 9.47. The predicted octanol–water partition coefficient (Wildman–Crippen LogP) is 4.69. The Morgan fingerprint density at radius 2 is 1.78 bits per heavy atom. The van der Waals surface area contributed by atoms with Gasteiger partial charge in [-0.2, -0.15) is 0 Å². The number of nitrogens with one attached hydrogen (secondary N) is 2. The number of aryl methyl sites for hydroxylation is 2. The topological polar surface area (TPSA) is 58.2 Å². The normalized spacial score (nSPS) is 10.3. The number of hydrogen-bond donors (Lipinski definition) is 2. The van der Waals surface area contributed by atoms with Crippen LogP contribution in [0.4, 0.5) is 11.4 Å². The molecule has 0 aliphatic heterocycles. The Hall–Kier alpha value is -1.85. The molecular weight excluding hydrogens is 380 g/mol. The summed E-state index contributed by atoms with van der Waals surface area (Å²) in [6.45, 7) is 3.78. The molecule has 0 atom stereocenters. The second kappa shape index (κ2) is 7.62. The third-order valence-corrected chi connectivity index (χ3v) is 3.92. The van der Waals surface area contributed by atoms with E-state index >= 15 is 0 Å². The molecule has 0 spiro atoms. The Kier molecular flexibility index (Phi) is 5.80. The molecule has 23 heavy (non-hydrogen) atoms. The summed E-state index contributed by atoms with van der Waals surface area (Å²) in [4.78, 5) is 24.0. The SMILES string of the molecule is Cc1cc(C)c(NC(=O)CC(=O)Nc2cccc(Br)c2)c(Cl)c1. The summed E-state index contributed by atoms with van der Waals surface area (Å²) in [6, 6.07) is 10.9. The van der Waals surface area contributed by atoms with E-state index in [1.165, 1.54) is 0 Å². The number of anilines is 2. The number of hydrogen-bond acceptors (Lipinski definition) is 2. The lowest BCUT2D eigenvalue weighted by Gasteiger charge is -2.11. The van der Waals surface area contributed by atoms with Crippen LogP contribution in [0, 0.1) is 13.8 Å². The first-order chi connectivity index (χ1) is 10.8. The van der Waals surface area contributed by atoms with Gasteiger partial charge < -0.3 is 10.6 Å². The zero-order valence-electron chi connectivity index (χ0n) is 12.7. The van der Waals surface area contributed by atoms with Crippen molar-refractivity contribution in [2.75, 3.05) is 10.6 Å². The van der Waals surface area contributed by atoms with Gasteiger partial charge in [-0.25, -0.2) is 0 Å². The lowest BCUT2D eigenvalue weighted by atomic mass is 10.1. The number of carbonyl (C=O) groups is 2. The fourth-order valence-corrected chi connectivity index (χ4v) is 2.94. The zero-order valence-corrected chi connectivity index (χ0v) is 15.1. The molecule has 6 heteroatoms. The van der Waals surface area contributed by atoms with Crippen molar-refractivity contribution >= 4 is 50.7 Å². The first kappa shape index (κ1) is 17.5. The monoisotopic (exact) mass is 394 g/mol. The largest absolute Gasteiger partial charge is 0.326 e. The third kappa shape index (κ3) is 5.08. The molecule has 4 nitrogen and oxygen atoms in total. The van der Waals surface area contributed by atoms with Crippen molar-refractivity contribution in [2.45, 2.75) is 20.3 Å². The maximum Gasteiger partial charge on any atom is 0.233 e. The standard InChI is InChI=1S/C17H16BrClN2O2/c1-10-6-11(2)17(14(19)7-10)21-16(23)9-15(22)20-13-5-3-4-12(18)8-13/h3-8H,9H2,1-2H3,(H,20,22)(H,21,23). The van der Waals surface area contributed by atoms with E-state index in [1.54, 1.807) is 24.3 Å². The number of halogens is 2. The minimum atomic E-state index is -0.411. The summed E-state index contributed by atoms with van der Waals surface area (Å²) in [6.07, 6.45) is -0.282. The van der Waals surface area contributed by atoms with E-state index in [0.29, 0.717) is 16.4 Å². The summed E-state index contributed by atoms with van der Waals surface area (Å²) in [5.74, 6) is -0.798. The van der Waals surface area contributed by atoms with Gasteiger partial charge in [-0.15, -0.1) is 0 Å². The molecular formula is C17H16BrClN2O2. The Balaban J connectivity index is 1.98. The number of benzene rings is 2. The van der Waals surface area contributed by atoms with Crippen LogP contribution < -0.4 is 10.6 Å². The van der Waals surface area contributed by atoms with E-state index < -0.39 is 5.91 Å². The Labute approximate surface area is 148 Å². The van der Waals surface area contributed by atoms with Crippen LogP contribution >= 0.6 is 27.5 Å². The van der Waals surface area contributed by atoms with Crippen molar-refractivity contribution < 1.29 is 9.59 Å². The number of carbonyl (C=O) groups excluding carboxylic acids is 2. The zero-order chi connectivity index (χ0) is 17.0. The molecule has 2 aromatic rings. The van der Waals surface area contributed by atoms with Crippen molar-refractivity contribution in [1.82, 2.24) is 0 Å². The first-order valence-corrected chi connectivity index (χ1v) is 8.14. The van der Waals surface area contributed by atoms with Gasteiger partial charge in [0.2, 0.25) is 11.8 Å². The lowest BCUT2D eigenvalue weighted by Crippen LogP contribution is -2.22. The molecule has 0 aliphatic rings. The van der Waals surface area contributed by atoms with Gasteiger partial charge in [0.25, 0.3) is 0 Å². The highest BCUT2D eigenvalue weighted by molar-refractivity contribution is 9.10. The highest BCUT2D eigenvalue weighted by atomic mass is 79.9. The van der Waals surface area contributed by atoms with E-state index in [-0.39, 0.29) is 12.3 Å². The van der Waals surface area contributed by atoms with Crippen molar-refractivity contribution in [2.24, 2.45) is 0 Å². The highest BCUT2D eigenvalue weighted by Gasteiger charge is 2.13. The van der Waals surface area contributed by atoms with Crippen molar-refractivity contribution in [3.05, 3.63) is 57.0 Å². The van der Waals surface area contributed by atoms with E-state index in [1.807, 2.05) is 26.0 Å². The molecule has 0 aromatic heterocycles. The van der Waals surface area contributed by atoms with Gasteiger partial charge in [0, 0.05) is 10.2 Å². The Morgan fingerprint density at radius 3 is 2.43 bits per heavy atom. The molecule has 0 aliphatic carbocycles. The average Bonchev–Trinajstić information content (AvgIpc) is 2.42. The first-order valence-electron chi connectivity index (χ1n) is 6.97. The second-order valence-electron chi connectivity index (χ2n) is 5.22. The highest BCUT2D eigenvalue weighted by Crippen LogP contribution is 2.27. The molecule has 2 rings (SSSR count). The van der Waals surface area contributed by atoms with Gasteiger partial charge in [0.05, 0.1) is 10.7 Å². The van der Waals surface area contributed by atoms with Crippen LogP contribution in [0.15, 0.2) is 40.9 Å². The maximum atomic E-state index is 12.0. The second-order valence-corrected chi connectivity index (χ2v) is 6.54. The molecule has 0 radical (unpaired) electrons. The number of rotatable bonds is 4. The van der Waals surface area contributed by atoms with Crippen LogP contribution in [0.5, 0.6) is 0 Å². The molecule has 0 saturated heterocycles. The van der Waals surface area contributed by atoms with Gasteiger partial charge in [-0.1, -0.05) is 39.7 Å². The summed E-state index contributed by atoms with van der Waals surface area (Å²) < 4.78 is 0.849. The molecule has 0 heterocycles. The van der Waals surface area contributed by atoms with Crippen molar-refractivity contribution in [3.8, 4) is 0 Å². The van der Waals surface area contributed by atoms with Crippen LogP contribution in [0.1, 0.15) is 17.5 Å². The van der Waals surface area contributed by atoms with E-state index in [0.717, 1.165) is 15.6 Å². The van der Waals surface area contributed by atoms with Crippen LogP contribution in [0.2, 0.25) is 5.02 Å². The van der Waals surface area contributed by atoms with Crippen LogP contribution in [0.25, 0.3) is 0 Å². The average molecular weight is 396 g/mol. The van der Waals surface area contributed by atoms with Crippen molar-refractivity contribution in [3.63, 3.8) is 0 Å². The molecule has 0 unspecified atom stereocenters. The smallest absolute Gasteiger partial charge is 0.233 e. The quantitative estimate of drug-likeness (QED) is 0.738. The van der Waals surface area contributed by atoms with Gasteiger partial charge in [-0.3, -0.25) is 9.59 Å². The minimum Gasteiger partial charge on any atom is -0.326 e. The maximum absolute atomic E-state index is 12.0. The fraction of sp³-hybridized carbons (Fsp3) is 0.176. The van der Waals surface area contributed by atoms with E-state index in [4.69, 9.17) is 11.6 Å². The molecule has 2 N–H and O–H groups in total. The summed E-state index contributed by atoms with van der Waals surface area (Å²) in [5, 5.41) is 5.83. The van der Waals surface area contributed by atoms with E-state index in [9.17, 15) is 9.59 Å². The van der Waals surface area contributed by atoms with Crippen LogP contribution in [-0.2, 0) is 9.59 Å². The predicted molar refractivity (Wildman–Crippen MR) is 96.9 cm³/mol. The van der Waals surface area contributed by atoms with Gasteiger partial charge >= 0.3 is 0 Å². The Bertz CT molecular complexity index is 739. The molecule has 2 amide bonds. The molecule has 120 valence electrons. The summed E-state index contributed by atoms with van der Waals surface area (Å²) in [5.41, 5.74) is 3.04. The molecule has 2 aromatic carbocycles.